The highest BCUT2D eigenvalue weighted by Crippen LogP contribution is 2.31. The largest absolute Gasteiger partial charge is 0.383 e. The maximum absolute atomic E-state index is 8.81. The first-order chi connectivity index (χ1) is 5.81. The fourth-order valence-corrected chi connectivity index (χ4v) is 1.57. The van der Waals surface area contributed by atoms with Crippen LogP contribution in [-0.4, -0.2) is 6.54 Å². The van der Waals surface area contributed by atoms with E-state index in [0.29, 0.717) is 0 Å². The van der Waals surface area contributed by atoms with E-state index >= 15 is 0 Å². The SMILES string of the molecule is Cc1ccc2c(c1)C(C#N)CN2. The molecule has 1 unspecified atom stereocenters. The first-order valence-electron chi connectivity index (χ1n) is 4.05. The number of nitrogens with zero attached hydrogens (tertiary/aromatic N) is 1. The van der Waals surface area contributed by atoms with Gasteiger partial charge < -0.3 is 5.32 Å². The summed E-state index contributed by atoms with van der Waals surface area (Å²) in [5.74, 6) is 0.0416. The first-order valence-corrected chi connectivity index (χ1v) is 4.05. The predicted molar refractivity (Wildman–Crippen MR) is 48.0 cm³/mol. The van der Waals surface area contributed by atoms with Gasteiger partial charge in [0.2, 0.25) is 0 Å². The molecule has 0 radical (unpaired) electrons. The molecule has 2 nitrogen and oxygen atoms in total. The van der Waals surface area contributed by atoms with Gasteiger partial charge in [0.05, 0.1) is 12.0 Å². The molecule has 1 aliphatic heterocycles. The number of nitriles is 1. The van der Waals surface area contributed by atoms with E-state index in [9.17, 15) is 0 Å². The second-order valence-electron chi connectivity index (χ2n) is 3.15. The van der Waals surface area contributed by atoms with E-state index in [2.05, 4.69) is 23.5 Å². The number of hydrogen-bond donors (Lipinski definition) is 1. The summed E-state index contributed by atoms with van der Waals surface area (Å²) in [6, 6.07) is 8.48. The lowest BCUT2D eigenvalue weighted by atomic mass is 10.0. The van der Waals surface area contributed by atoms with Gasteiger partial charge in [-0.1, -0.05) is 17.7 Å². The topological polar surface area (TPSA) is 35.8 Å². The van der Waals surface area contributed by atoms with Crippen LogP contribution >= 0.6 is 0 Å². The maximum Gasteiger partial charge on any atom is 0.0905 e. The second-order valence-corrected chi connectivity index (χ2v) is 3.15. The monoisotopic (exact) mass is 158 g/mol. The quantitative estimate of drug-likeness (QED) is 0.627. The molecule has 2 heteroatoms. The van der Waals surface area contributed by atoms with Crippen molar-refractivity contribution in [1.82, 2.24) is 0 Å². The number of nitrogens with one attached hydrogen (secondary N) is 1. The van der Waals surface area contributed by atoms with Crippen molar-refractivity contribution in [2.24, 2.45) is 0 Å². The van der Waals surface area contributed by atoms with E-state index in [1.165, 1.54) is 5.56 Å². The van der Waals surface area contributed by atoms with Gasteiger partial charge in [0, 0.05) is 12.2 Å². The molecule has 0 saturated heterocycles. The van der Waals surface area contributed by atoms with E-state index < -0.39 is 0 Å². The molecular formula is C10H10N2. The highest BCUT2D eigenvalue weighted by molar-refractivity contribution is 5.60. The van der Waals surface area contributed by atoms with Crippen LogP contribution in [0.2, 0.25) is 0 Å². The molecule has 0 amide bonds. The molecular weight excluding hydrogens is 148 g/mol. The zero-order chi connectivity index (χ0) is 8.55. The van der Waals surface area contributed by atoms with Crippen LogP contribution in [0.25, 0.3) is 0 Å². The van der Waals surface area contributed by atoms with Crippen molar-refractivity contribution in [3.05, 3.63) is 29.3 Å². The van der Waals surface area contributed by atoms with Crippen LogP contribution in [0.4, 0.5) is 5.69 Å². The van der Waals surface area contributed by atoms with Crippen LogP contribution in [0.1, 0.15) is 17.0 Å². The average Bonchev–Trinajstić information content (AvgIpc) is 2.46. The van der Waals surface area contributed by atoms with Gasteiger partial charge in [-0.2, -0.15) is 5.26 Å². The summed E-state index contributed by atoms with van der Waals surface area (Å²) in [6.45, 7) is 2.81. The van der Waals surface area contributed by atoms with Gasteiger partial charge in [0.15, 0.2) is 0 Å². The Hall–Kier alpha value is -1.49. The minimum absolute atomic E-state index is 0.0416. The molecule has 0 fully saturated rings. The van der Waals surface area contributed by atoms with Crippen molar-refractivity contribution >= 4 is 5.69 Å². The Morgan fingerprint density at radius 3 is 3.17 bits per heavy atom. The van der Waals surface area contributed by atoms with Crippen LogP contribution < -0.4 is 5.32 Å². The molecule has 1 aliphatic rings. The van der Waals surface area contributed by atoms with Crippen LogP contribution in [0.15, 0.2) is 18.2 Å². The molecule has 2 rings (SSSR count). The van der Waals surface area contributed by atoms with Crippen LogP contribution in [0.5, 0.6) is 0 Å². The zero-order valence-corrected chi connectivity index (χ0v) is 6.96. The van der Waals surface area contributed by atoms with Crippen LogP contribution in [0, 0.1) is 18.3 Å². The molecule has 1 aromatic rings. The summed E-state index contributed by atoms with van der Waals surface area (Å²) in [5, 5.41) is 12.0. The van der Waals surface area contributed by atoms with Crippen LogP contribution in [-0.2, 0) is 0 Å². The Bertz CT molecular complexity index is 349. The zero-order valence-electron chi connectivity index (χ0n) is 6.96. The van der Waals surface area contributed by atoms with Crippen molar-refractivity contribution in [2.45, 2.75) is 12.8 Å². The molecule has 60 valence electrons. The number of hydrogen-bond acceptors (Lipinski definition) is 2. The lowest BCUT2D eigenvalue weighted by molar-refractivity contribution is 0.961. The fraction of sp³-hybridized carbons (Fsp3) is 0.300. The lowest BCUT2D eigenvalue weighted by Crippen LogP contribution is -1.97. The Morgan fingerprint density at radius 2 is 2.42 bits per heavy atom. The molecule has 0 spiro atoms. The lowest BCUT2D eigenvalue weighted by Gasteiger charge is -2.00. The number of benzene rings is 1. The van der Waals surface area contributed by atoms with Crippen molar-refractivity contribution in [3.63, 3.8) is 0 Å². The Kier molecular flexibility index (Phi) is 1.51. The van der Waals surface area contributed by atoms with Gasteiger partial charge in [-0.3, -0.25) is 0 Å². The number of rotatable bonds is 0. The van der Waals surface area contributed by atoms with E-state index in [-0.39, 0.29) is 5.92 Å². The van der Waals surface area contributed by atoms with Gasteiger partial charge in [0.25, 0.3) is 0 Å². The maximum atomic E-state index is 8.81. The molecule has 1 N–H and O–H groups in total. The third kappa shape index (κ3) is 0.947. The molecule has 1 aromatic carbocycles. The van der Waals surface area contributed by atoms with E-state index in [1.54, 1.807) is 0 Å². The number of fused-ring (bicyclic) bond motifs is 1. The van der Waals surface area contributed by atoms with Gasteiger partial charge >= 0.3 is 0 Å². The fourth-order valence-electron chi connectivity index (χ4n) is 1.57. The molecule has 1 atom stereocenters. The van der Waals surface area contributed by atoms with Gasteiger partial charge in [0.1, 0.15) is 0 Å². The van der Waals surface area contributed by atoms with E-state index in [4.69, 9.17) is 5.26 Å². The van der Waals surface area contributed by atoms with Crippen molar-refractivity contribution < 1.29 is 0 Å². The average molecular weight is 158 g/mol. The summed E-state index contributed by atoms with van der Waals surface area (Å²) >= 11 is 0. The van der Waals surface area contributed by atoms with Crippen LogP contribution in [0.3, 0.4) is 0 Å². The Labute approximate surface area is 71.8 Å². The summed E-state index contributed by atoms with van der Waals surface area (Å²) in [4.78, 5) is 0. The summed E-state index contributed by atoms with van der Waals surface area (Å²) in [7, 11) is 0. The number of anilines is 1. The predicted octanol–water partition coefficient (Wildman–Crippen LogP) is 2.03. The molecule has 0 saturated carbocycles. The van der Waals surface area contributed by atoms with Gasteiger partial charge in [-0.25, -0.2) is 0 Å². The van der Waals surface area contributed by atoms with E-state index in [1.807, 2.05) is 13.0 Å². The van der Waals surface area contributed by atoms with E-state index in [0.717, 1.165) is 17.8 Å². The highest BCUT2D eigenvalue weighted by Gasteiger charge is 2.20. The standard InChI is InChI=1S/C10H10N2/c1-7-2-3-10-9(4-7)8(5-11)6-12-10/h2-4,8,12H,6H2,1H3. The minimum Gasteiger partial charge on any atom is -0.383 e. The molecule has 0 bridgehead atoms. The third-order valence-electron chi connectivity index (χ3n) is 2.23. The van der Waals surface area contributed by atoms with Crippen molar-refractivity contribution in [2.75, 3.05) is 11.9 Å². The first kappa shape index (κ1) is 7.17. The van der Waals surface area contributed by atoms with Crippen molar-refractivity contribution in [1.29, 1.82) is 5.26 Å². The van der Waals surface area contributed by atoms with Crippen molar-refractivity contribution in [3.8, 4) is 6.07 Å². The summed E-state index contributed by atoms with van der Waals surface area (Å²) in [6.07, 6.45) is 0. The molecule has 12 heavy (non-hydrogen) atoms. The second kappa shape index (κ2) is 2.53. The highest BCUT2D eigenvalue weighted by atomic mass is 14.9. The Balaban J connectivity index is 2.51. The van der Waals surface area contributed by atoms with Gasteiger partial charge in [-0.15, -0.1) is 0 Å². The third-order valence-corrected chi connectivity index (χ3v) is 2.23. The molecule has 0 aromatic heterocycles. The summed E-state index contributed by atoms with van der Waals surface area (Å²) in [5.41, 5.74) is 3.49. The Morgan fingerprint density at radius 1 is 1.58 bits per heavy atom. The molecule has 0 aliphatic carbocycles. The number of aryl methyl sites for hydroxylation is 1. The summed E-state index contributed by atoms with van der Waals surface area (Å²) < 4.78 is 0. The smallest absolute Gasteiger partial charge is 0.0905 e. The van der Waals surface area contributed by atoms with Gasteiger partial charge in [-0.05, 0) is 18.6 Å². The molecule has 1 heterocycles. The normalized spacial score (nSPS) is 19.5. The minimum atomic E-state index is 0.0416.